The molecule has 0 saturated carbocycles. The highest BCUT2D eigenvalue weighted by molar-refractivity contribution is 5.13. The van der Waals surface area contributed by atoms with Crippen LogP contribution < -0.4 is 17.0 Å². The Morgan fingerprint density at radius 1 is 1.18 bits per heavy atom. The molecule has 0 unspecified atom stereocenters. The lowest BCUT2D eigenvalue weighted by Gasteiger charge is -1.96. The van der Waals surface area contributed by atoms with Gasteiger partial charge in [-0.25, -0.2) is 9.13 Å². The van der Waals surface area contributed by atoms with Gasteiger partial charge < -0.3 is 12.4 Å². The molecular formula is C14H19ClN2. The van der Waals surface area contributed by atoms with E-state index in [1.807, 2.05) is 0 Å². The lowest BCUT2D eigenvalue weighted by Crippen LogP contribution is -3.00. The molecule has 2 rings (SSSR count). The second-order valence-electron chi connectivity index (χ2n) is 4.16. The van der Waals surface area contributed by atoms with Gasteiger partial charge in [-0.15, -0.1) is 0 Å². The number of benzene rings is 1. The molecule has 92 valence electrons. The molecule has 0 aliphatic heterocycles. The van der Waals surface area contributed by atoms with Crippen molar-refractivity contribution in [2.24, 2.45) is 0 Å². The summed E-state index contributed by atoms with van der Waals surface area (Å²) in [4.78, 5) is 0. The van der Waals surface area contributed by atoms with Crippen LogP contribution in [0.3, 0.4) is 0 Å². The molecule has 0 fully saturated rings. The van der Waals surface area contributed by atoms with Crippen molar-refractivity contribution in [1.82, 2.24) is 4.57 Å². The normalized spacial score (nSPS) is 9.94. The molecule has 0 spiro atoms. The third-order valence-corrected chi connectivity index (χ3v) is 2.72. The van der Waals surface area contributed by atoms with Gasteiger partial charge in [0, 0.05) is 0 Å². The largest absolute Gasteiger partial charge is 1.00 e. The number of aromatic nitrogens is 2. The van der Waals surface area contributed by atoms with Crippen molar-refractivity contribution in [1.29, 1.82) is 0 Å². The fraction of sp³-hybridized carbons (Fsp3) is 0.357. The van der Waals surface area contributed by atoms with E-state index in [0.29, 0.717) is 0 Å². The second kappa shape index (κ2) is 7.13. The van der Waals surface area contributed by atoms with Gasteiger partial charge in [-0.05, 0) is 12.0 Å². The number of nitrogens with zero attached hydrogens (tertiary/aromatic N) is 2. The van der Waals surface area contributed by atoms with E-state index in [1.165, 1.54) is 18.4 Å². The van der Waals surface area contributed by atoms with E-state index in [4.69, 9.17) is 0 Å². The molecule has 0 radical (unpaired) electrons. The Labute approximate surface area is 109 Å². The standard InChI is InChI=1S/C14H19N2.ClH/c1-2-3-9-15-10-11-16(13-15)12-14-7-5-4-6-8-14;/h4-8,10-11,13H,2-3,9,12H2,1H3;1H/q+1;/p-1. The first kappa shape index (κ1) is 13.8. The van der Waals surface area contributed by atoms with Gasteiger partial charge in [0.1, 0.15) is 18.9 Å². The van der Waals surface area contributed by atoms with Crippen molar-refractivity contribution in [3.05, 3.63) is 54.6 Å². The summed E-state index contributed by atoms with van der Waals surface area (Å²) in [6.45, 7) is 4.31. The average Bonchev–Trinajstić information content (AvgIpc) is 2.75. The number of unbranched alkanes of at least 4 members (excludes halogenated alkanes) is 1. The van der Waals surface area contributed by atoms with Crippen LogP contribution in [0.15, 0.2) is 49.1 Å². The van der Waals surface area contributed by atoms with Crippen molar-refractivity contribution < 1.29 is 17.0 Å². The van der Waals surface area contributed by atoms with Gasteiger partial charge in [0.15, 0.2) is 0 Å². The topological polar surface area (TPSA) is 8.81 Å². The minimum atomic E-state index is 0. The molecule has 2 nitrogen and oxygen atoms in total. The molecule has 1 aromatic heterocycles. The van der Waals surface area contributed by atoms with E-state index in [9.17, 15) is 0 Å². The van der Waals surface area contributed by atoms with Gasteiger partial charge >= 0.3 is 0 Å². The molecule has 0 aliphatic rings. The Morgan fingerprint density at radius 3 is 2.65 bits per heavy atom. The summed E-state index contributed by atoms with van der Waals surface area (Å²) in [5, 5.41) is 0. The van der Waals surface area contributed by atoms with E-state index < -0.39 is 0 Å². The molecule has 0 bridgehead atoms. The number of imidazole rings is 1. The van der Waals surface area contributed by atoms with Crippen LogP contribution in [0.5, 0.6) is 0 Å². The highest BCUT2D eigenvalue weighted by Gasteiger charge is 2.03. The van der Waals surface area contributed by atoms with Gasteiger partial charge in [0.25, 0.3) is 0 Å². The third-order valence-electron chi connectivity index (χ3n) is 2.72. The Balaban J connectivity index is 0.00000144. The van der Waals surface area contributed by atoms with Crippen LogP contribution in [0.1, 0.15) is 25.3 Å². The SMILES string of the molecule is CCCCn1cc[n+](Cc2ccccc2)c1.[Cl-]. The quantitative estimate of drug-likeness (QED) is 0.641. The molecule has 0 saturated heterocycles. The van der Waals surface area contributed by atoms with Gasteiger partial charge in [0.05, 0.1) is 6.54 Å². The molecular weight excluding hydrogens is 232 g/mol. The molecule has 1 heterocycles. The summed E-state index contributed by atoms with van der Waals surface area (Å²) in [5.41, 5.74) is 1.35. The van der Waals surface area contributed by atoms with Crippen LogP contribution in [0, 0.1) is 0 Å². The van der Waals surface area contributed by atoms with Crippen molar-refractivity contribution in [3.63, 3.8) is 0 Å². The van der Waals surface area contributed by atoms with Crippen LogP contribution in [0.25, 0.3) is 0 Å². The van der Waals surface area contributed by atoms with Crippen LogP contribution in [-0.2, 0) is 13.1 Å². The van der Waals surface area contributed by atoms with E-state index >= 15 is 0 Å². The third kappa shape index (κ3) is 4.23. The van der Waals surface area contributed by atoms with Crippen LogP contribution in [0.2, 0.25) is 0 Å². The Morgan fingerprint density at radius 2 is 1.94 bits per heavy atom. The Kier molecular flexibility index (Phi) is 5.78. The van der Waals surface area contributed by atoms with Gasteiger partial charge in [-0.1, -0.05) is 43.7 Å². The summed E-state index contributed by atoms with van der Waals surface area (Å²) in [7, 11) is 0. The van der Waals surface area contributed by atoms with Gasteiger partial charge in [-0.3, -0.25) is 0 Å². The second-order valence-corrected chi connectivity index (χ2v) is 4.16. The maximum Gasteiger partial charge on any atom is 0.244 e. The molecule has 0 atom stereocenters. The summed E-state index contributed by atoms with van der Waals surface area (Å²) >= 11 is 0. The van der Waals surface area contributed by atoms with Gasteiger partial charge in [0.2, 0.25) is 6.33 Å². The molecule has 0 aliphatic carbocycles. The van der Waals surface area contributed by atoms with Crippen molar-refractivity contribution in [2.75, 3.05) is 0 Å². The predicted octanol–water partition coefficient (Wildman–Crippen LogP) is -0.372. The summed E-state index contributed by atoms with van der Waals surface area (Å²) < 4.78 is 4.48. The maximum atomic E-state index is 2.26. The minimum Gasteiger partial charge on any atom is -1.00 e. The van der Waals surface area contributed by atoms with Gasteiger partial charge in [-0.2, -0.15) is 0 Å². The summed E-state index contributed by atoms with van der Waals surface area (Å²) in [6, 6.07) is 10.6. The first-order valence-electron chi connectivity index (χ1n) is 5.97. The van der Waals surface area contributed by atoms with Crippen molar-refractivity contribution in [3.8, 4) is 0 Å². The monoisotopic (exact) mass is 250 g/mol. The zero-order valence-electron chi connectivity index (χ0n) is 10.2. The van der Waals surface area contributed by atoms with Crippen molar-refractivity contribution >= 4 is 0 Å². The van der Waals surface area contributed by atoms with E-state index in [2.05, 4.69) is 65.1 Å². The Bertz CT molecular complexity index is 423. The minimum absolute atomic E-state index is 0. The predicted molar refractivity (Wildman–Crippen MR) is 65.1 cm³/mol. The summed E-state index contributed by atoms with van der Waals surface area (Å²) in [6.07, 6.45) is 8.97. The Hall–Kier alpha value is -1.28. The average molecular weight is 251 g/mol. The first-order chi connectivity index (χ1) is 7.88. The van der Waals surface area contributed by atoms with Crippen LogP contribution in [-0.4, -0.2) is 4.57 Å². The number of aryl methyl sites for hydroxylation is 1. The van der Waals surface area contributed by atoms with E-state index in [-0.39, 0.29) is 12.4 Å². The van der Waals surface area contributed by atoms with E-state index in [1.54, 1.807) is 0 Å². The zero-order valence-corrected chi connectivity index (χ0v) is 11.0. The highest BCUT2D eigenvalue weighted by Crippen LogP contribution is 1.98. The number of hydrogen-bond acceptors (Lipinski definition) is 0. The lowest BCUT2D eigenvalue weighted by molar-refractivity contribution is -0.687. The maximum absolute atomic E-state index is 2.26. The fourth-order valence-corrected chi connectivity index (χ4v) is 1.80. The first-order valence-corrected chi connectivity index (χ1v) is 5.97. The molecule has 17 heavy (non-hydrogen) atoms. The van der Waals surface area contributed by atoms with E-state index in [0.717, 1.165) is 13.1 Å². The number of halogens is 1. The zero-order chi connectivity index (χ0) is 11.2. The lowest BCUT2D eigenvalue weighted by atomic mass is 10.2. The fourth-order valence-electron chi connectivity index (χ4n) is 1.80. The molecule has 1 aromatic carbocycles. The number of hydrogen-bond donors (Lipinski definition) is 0. The number of rotatable bonds is 5. The van der Waals surface area contributed by atoms with Crippen LogP contribution >= 0.6 is 0 Å². The van der Waals surface area contributed by atoms with Crippen molar-refractivity contribution in [2.45, 2.75) is 32.9 Å². The smallest absolute Gasteiger partial charge is 0.244 e. The molecule has 0 N–H and O–H groups in total. The summed E-state index contributed by atoms with van der Waals surface area (Å²) in [5.74, 6) is 0. The molecule has 3 heteroatoms. The highest BCUT2D eigenvalue weighted by atomic mass is 35.5. The van der Waals surface area contributed by atoms with Crippen LogP contribution in [0.4, 0.5) is 0 Å². The molecule has 0 amide bonds. The molecule has 2 aromatic rings.